The Morgan fingerprint density at radius 1 is 0.727 bits per heavy atom. The van der Waals surface area contributed by atoms with Crippen molar-refractivity contribution in [1.29, 1.82) is 0 Å². The third kappa shape index (κ3) is 5.67. The third-order valence-electron chi connectivity index (χ3n) is 2.83. The van der Waals surface area contributed by atoms with Crippen molar-refractivity contribution in [2.45, 2.75) is 12.2 Å². The highest BCUT2D eigenvalue weighted by molar-refractivity contribution is 5.91. The number of nitrogens with zero attached hydrogens (tertiary/aromatic N) is 2. The number of hydrogen-bond acceptors (Lipinski definition) is 4. The number of rotatable bonds is 11. The Hall–Kier alpha value is -2.18. The van der Waals surface area contributed by atoms with Crippen LogP contribution in [0.15, 0.2) is 50.6 Å². The second kappa shape index (κ2) is 10.5. The highest BCUT2D eigenvalue weighted by atomic mass is 16.3. The summed E-state index contributed by atoms with van der Waals surface area (Å²) < 4.78 is 0. The van der Waals surface area contributed by atoms with E-state index in [9.17, 15) is 19.8 Å². The Balaban J connectivity index is 5.02. The average Bonchev–Trinajstić information content (AvgIpc) is 2.51. The number of aliphatic hydroxyl groups excluding tert-OH is 2. The van der Waals surface area contributed by atoms with Crippen LogP contribution in [0, 0.1) is 0 Å². The zero-order chi connectivity index (χ0) is 17.1. The van der Waals surface area contributed by atoms with E-state index >= 15 is 0 Å². The van der Waals surface area contributed by atoms with Crippen LogP contribution < -0.4 is 0 Å². The normalized spacial score (nSPS) is 12.6. The van der Waals surface area contributed by atoms with Gasteiger partial charge in [0.1, 0.15) is 0 Å². The monoisotopic (exact) mass is 308 g/mol. The van der Waals surface area contributed by atoms with Crippen LogP contribution in [-0.4, -0.2) is 70.2 Å². The second-order valence-corrected chi connectivity index (χ2v) is 4.53. The molecule has 0 unspecified atom stereocenters. The molecular weight excluding hydrogens is 284 g/mol. The predicted molar refractivity (Wildman–Crippen MR) is 86.0 cm³/mol. The fourth-order valence-corrected chi connectivity index (χ4v) is 1.78. The molecule has 0 bridgehead atoms. The van der Waals surface area contributed by atoms with E-state index in [0.717, 1.165) is 0 Å². The van der Waals surface area contributed by atoms with Gasteiger partial charge in [0.25, 0.3) is 11.8 Å². The van der Waals surface area contributed by atoms with Gasteiger partial charge in [0.2, 0.25) is 0 Å². The summed E-state index contributed by atoms with van der Waals surface area (Å²) in [5.74, 6) is -1.53. The summed E-state index contributed by atoms with van der Waals surface area (Å²) in [5.41, 5.74) is 0. The van der Waals surface area contributed by atoms with Gasteiger partial charge in [0, 0.05) is 26.2 Å². The molecule has 2 atom stereocenters. The molecule has 0 fully saturated rings. The van der Waals surface area contributed by atoms with E-state index in [1.165, 1.54) is 34.1 Å². The first kappa shape index (κ1) is 19.8. The molecule has 0 heterocycles. The maximum Gasteiger partial charge on any atom is 0.255 e. The van der Waals surface area contributed by atoms with Crippen LogP contribution in [0.25, 0.3) is 0 Å². The first-order valence-electron chi connectivity index (χ1n) is 6.81. The Bertz CT molecular complexity index is 374. The molecule has 0 aromatic carbocycles. The molecule has 0 aromatic heterocycles. The molecule has 0 saturated carbocycles. The summed E-state index contributed by atoms with van der Waals surface area (Å²) >= 11 is 0. The number of aliphatic hydroxyl groups is 2. The van der Waals surface area contributed by atoms with E-state index in [4.69, 9.17) is 0 Å². The highest BCUT2D eigenvalue weighted by Gasteiger charge is 2.34. The van der Waals surface area contributed by atoms with Crippen LogP contribution in [-0.2, 0) is 9.59 Å². The average molecular weight is 308 g/mol. The van der Waals surface area contributed by atoms with Gasteiger partial charge >= 0.3 is 0 Å². The van der Waals surface area contributed by atoms with Crippen LogP contribution in [0.4, 0.5) is 0 Å². The van der Waals surface area contributed by atoms with Crippen LogP contribution in [0.3, 0.4) is 0 Å². The SMILES string of the molecule is C=CCN(CC=C)C(=O)[C@@H](O)[C@H](O)C(=O)N(CC=C)CC=C. The minimum absolute atomic E-state index is 0.172. The minimum atomic E-state index is -1.86. The highest BCUT2D eigenvalue weighted by Crippen LogP contribution is 2.06. The molecule has 2 N–H and O–H groups in total. The van der Waals surface area contributed by atoms with Gasteiger partial charge in [-0.3, -0.25) is 9.59 Å². The molecule has 0 aliphatic rings. The molecule has 0 spiro atoms. The molecule has 6 heteroatoms. The zero-order valence-corrected chi connectivity index (χ0v) is 12.7. The molecule has 0 aliphatic heterocycles. The Morgan fingerprint density at radius 3 is 1.14 bits per heavy atom. The van der Waals surface area contributed by atoms with Gasteiger partial charge in [-0.05, 0) is 0 Å². The molecule has 0 rings (SSSR count). The number of carbonyl (C=O) groups excluding carboxylic acids is 2. The van der Waals surface area contributed by atoms with E-state index in [-0.39, 0.29) is 26.2 Å². The molecule has 6 nitrogen and oxygen atoms in total. The van der Waals surface area contributed by atoms with Crippen LogP contribution in [0.2, 0.25) is 0 Å². The molecule has 0 saturated heterocycles. The van der Waals surface area contributed by atoms with Gasteiger partial charge in [0.15, 0.2) is 12.2 Å². The standard InChI is InChI=1S/C16H24N2O4/c1-5-9-17(10-6-2)15(21)13(19)14(20)16(22)18(11-7-3)12-8-4/h5-8,13-14,19-20H,1-4,9-12H2/t13-,14-/m0/s1. The number of carbonyl (C=O) groups is 2. The molecular formula is C16H24N2O4. The second-order valence-electron chi connectivity index (χ2n) is 4.53. The summed E-state index contributed by atoms with van der Waals surface area (Å²) in [4.78, 5) is 26.7. The van der Waals surface area contributed by atoms with Crippen LogP contribution >= 0.6 is 0 Å². The summed E-state index contributed by atoms with van der Waals surface area (Å²) in [5, 5.41) is 19.9. The lowest BCUT2D eigenvalue weighted by atomic mass is 10.1. The maximum absolute atomic E-state index is 12.1. The maximum atomic E-state index is 12.1. The van der Waals surface area contributed by atoms with Gasteiger partial charge in [-0.15, -0.1) is 26.3 Å². The van der Waals surface area contributed by atoms with Gasteiger partial charge < -0.3 is 20.0 Å². The minimum Gasteiger partial charge on any atom is -0.380 e. The van der Waals surface area contributed by atoms with Crippen molar-refractivity contribution in [2.75, 3.05) is 26.2 Å². The molecule has 2 amide bonds. The smallest absolute Gasteiger partial charge is 0.255 e. The van der Waals surface area contributed by atoms with Gasteiger partial charge in [0.05, 0.1) is 0 Å². The number of hydrogen-bond donors (Lipinski definition) is 2. The van der Waals surface area contributed by atoms with Crippen molar-refractivity contribution in [2.24, 2.45) is 0 Å². The van der Waals surface area contributed by atoms with Crippen molar-refractivity contribution in [3.8, 4) is 0 Å². The zero-order valence-electron chi connectivity index (χ0n) is 12.7. The summed E-state index contributed by atoms with van der Waals surface area (Å²) in [6.07, 6.45) is 2.19. The van der Waals surface area contributed by atoms with Crippen molar-refractivity contribution < 1.29 is 19.8 Å². The van der Waals surface area contributed by atoms with Crippen molar-refractivity contribution in [3.63, 3.8) is 0 Å². The van der Waals surface area contributed by atoms with E-state index in [0.29, 0.717) is 0 Å². The lowest BCUT2D eigenvalue weighted by Crippen LogP contribution is -2.52. The molecule has 0 radical (unpaired) electrons. The number of amides is 2. The molecule has 22 heavy (non-hydrogen) atoms. The lowest BCUT2D eigenvalue weighted by molar-refractivity contribution is -0.157. The first-order valence-corrected chi connectivity index (χ1v) is 6.81. The third-order valence-corrected chi connectivity index (χ3v) is 2.83. The topological polar surface area (TPSA) is 81.1 Å². The van der Waals surface area contributed by atoms with E-state index in [1.807, 2.05) is 0 Å². The Morgan fingerprint density at radius 2 is 0.955 bits per heavy atom. The summed E-state index contributed by atoms with van der Waals surface area (Å²) in [6, 6.07) is 0. The fraction of sp³-hybridized carbons (Fsp3) is 0.375. The molecule has 0 aromatic rings. The van der Waals surface area contributed by atoms with Gasteiger partial charge in [-0.1, -0.05) is 24.3 Å². The Kier molecular flexibility index (Phi) is 9.49. The van der Waals surface area contributed by atoms with E-state index in [1.54, 1.807) is 0 Å². The molecule has 122 valence electrons. The Labute approximate surface area is 131 Å². The predicted octanol–water partition coefficient (Wildman–Crippen LogP) is 0.109. The van der Waals surface area contributed by atoms with Crippen molar-refractivity contribution in [3.05, 3.63) is 50.6 Å². The molecule has 0 aliphatic carbocycles. The van der Waals surface area contributed by atoms with Gasteiger partial charge in [-0.2, -0.15) is 0 Å². The van der Waals surface area contributed by atoms with Crippen molar-refractivity contribution >= 4 is 11.8 Å². The quantitative estimate of drug-likeness (QED) is 0.531. The lowest BCUT2D eigenvalue weighted by Gasteiger charge is -2.28. The van der Waals surface area contributed by atoms with E-state index < -0.39 is 24.0 Å². The summed E-state index contributed by atoms with van der Waals surface area (Å²) in [7, 11) is 0. The largest absolute Gasteiger partial charge is 0.380 e. The fourth-order valence-electron chi connectivity index (χ4n) is 1.78. The van der Waals surface area contributed by atoms with Crippen molar-refractivity contribution in [1.82, 2.24) is 9.80 Å². The van der Waals surface area contributed by atoms with E-state index in [2.05, 4.69) is 26.3 Å². The van der Waals surface area contributed by atoms with Crippen LogP contribution in [0.1, 0.15) is 0 Å². The van der Waals surface area contributed by atoms with Gasteiger partial charge in [-0.25, -0.2) is 0 Å². The first-order chi connectivity index (χ1) is 10.4. The summed E-state index contributed by atoms with van der Waals surface area (Å²) in [6.45, 7) is 14.7. The van der Waals surface area contributed by atoms with Crippen LogP contribution in [0.5, 0.6) is 0 Å².